The van der Waals surface area contributed by atoms with Gasteiger partial charge < -0.3 is 11.1 Å². The van der Waals surface area contributed by atoms with Gasteiger partial charge in [0, 0.05) is 11.1 Å². The monoisotopic (exact) mass is 302 g/mol. The van der Waals surface area contributed by atoms with Crippen LogP contribution in [-0.2, 0) is 0 Å². The molecule has 0 atom stereocenters. The number of halogens is 4. The second-order valence-corrected chi connectivity index (χ2v) is 4.28. The van der Waals surface area contributed by atoms with Gasteiger partial charge in [-0.2, -0.15) is 8.78 Å². The smallest absolute Gasteiger partial charge is 0.324 e. The van der Waals surface area contributed by atoms with Crippen LogP contribution in [0.15, 0.2) is 18.2 Å². The molecule has 1 aromatic rings. The first-order valence-corrected chi connectivity index (χ1v) is 6.01. The lowest BCUT2D eigenvalue weighted by atomic mass is 10.0. The zero-order chi connectivity index (χ0) is 16.0. The van der Waals surface area contributed by atoms with Gasteiger partial charge in [-0.25, -0.2) is 8.78 Å². The molecular formula is C14H14F4N2O. The van der Waals surface area contributed by atoms with Crippen LogP contribution in [-0.4, -0.2) is 31.3 Å². The van der Waals surface area contributed by atoms with E-state index < -0.39 is 24.8 Å². The summed E-state index contributed by atoms with van der Waals surface area (Å²) < 4.78 is 49.4. The summed E-state index contributed by atoms with van der Waals surface area (Å²) in [5, 5.41) is 1.79. The fourth-order valence-electron chi connectivity index (χ4n) is 1.47. The number of nitrogens with two attached hydrogens (primary N) is 1. The van der Waals surface area contributed by atoms with Gasteiger partial charge >= 0.3 is 12.3 Å². The molecule has 0 radical (unpaired) electrons. The van der Waals surface area contributed by atoms with Crippen molar-refractivity contribution in [1.29, 1.82) is 0 Å². The lowest BCUT2D eigenvalue weighted by molar-refractivity contribution is -0.123. The van der Waals surface area contributed by atoms with E-state index in [0.717, 1.165) is 0 Å². The van der Waals surface area contributed by atoms with Crippen LogP contribution in [0.5, 0.6) is 0 Å². The van der Waals surface area contributed by atoms with Gasteiger partial charge in [0.2, 0.25) is 0 Å². The van der Waals surface area contributed by atoms with Crippen molar-refractivity contribution in [2.45, 2.75) is 19.3 Å². The number of nitrogens with one attached hydrogen (secondary N) is 1. The molecule has 21 heavy (non-hydrogen) atoms. The first-order chi connectivity index (χ1) is 9.77. The summed E-state index contributed by atoms with van der Waals surface area (Å²) in [5.74, 6) is 0.327. The van der Waals surface area contributed by atoms with Crippen molar-refractivity contribution in [2.24, 2.45) is 5.73 Å². The van der Waals surface area contributed by atoms with Crippen molar-refractivity contribution in [2.75, 3.05) is 13.1 Å². The minimum Gasteiger partial charge on any atom is -0.346 e. The summed E-state index contributed by atoms with van der Waals surface area (Å²) in [6.45, 7) is 0.451. The lowest BCUT2D eigenvalue weighted by Crippen LogP contribution is -2.41. The third kappa shape index (κ3) is 4.76. The molecule has 0 saturated heterocycles. The van der Waals surface area contributed by atoms with Crippen molar-refractivity contribution in [3.05, 3.63) is 34.9 Å². The van der Waals surface area contributed by atoms with Gasteiger partial charge in [0.1, 0.15) is 0 Å². The first-order valence-electron chi connectivity index (χ1n) is 6.01. The van der Waals surface area contributed by atoms with Crippen LogP contribution in [0.4, 0.5) is 17.6 Å². The average Bonchev–Trinajstić information content (AvgIpc) is 2.43. The number of carbonyl (C=O) groups is 1. The third-order valence-corrected chi connectivity index (χ3v) is 2.62. The molecule has 1 amide bonds. The first kappa shape index (κ1) is 17.0. The molecule has 0 saturated carbocycles. The van der Waals surface area contributed by atoms with Crippen LogP contribution < -0.4 is 11.1 Å². The molecule has 0 aliphatic heterocycles. The molecule has 1 rings (SSSR count). The molecule has 114 valence electrons. The maximum Gasteiger partial charge on any atom is 0.324 e. The Hall–Kier alpha value is -2.07. The zero-order valence-corrected chi connectivity index (χ0v) is 11.2. The minimum atomic E-state index is -4.25. The molecule has 0 bridgehead atoms. The van der Waals surface area contributed by atoms with Gasteiger partial charge in [-0.15, -0.1) is 0 Å². The van der Waals surface area contributed by atoms with E-state index in [9.17, 15) is 22.4 Å². The highest BCUT2D eigenvalue weighted by Crippen LogP contribution is 2.21. The Morgan fingerprint density at radius 3 is 2.62 bits per heavy atom. The quantitative estimate of drug-likeness (QED) is 0.659. The minimum absolute atomic E-state index is 0.0934. The van der Waals surface area contributed by atoms with Crippen LogP contribution in [0.3, 0.4) is 0 Å². The largest absolute Gasteiger partial charge is 0.346 e. The van der Waals surface area contributed by atoms with Crippen molar-refractivity contribution >= 4 is 5.91 Å². The van der Waals surface area contributed by atoms with Gasteiger partial charge in [0.05, 0.1) is 13.1 Å². The highest BCUT2D eigenvalue weighted by atomic mass is 19.3. The van der Waals surface area contributed by atoms with Crippen molar-refractivity contribution < 1.29 is 22.4 Å². The van der Waals surface area contributed by atoms with E-state index in [0.29, 0.717) is 11.1 Å². The molecule has 3 N–H and O–H groups in total. The van der Waals surface area contributed by atoms with Gasteiger partial charge in [0.15, 0.2) is 0 Å². The van der Waals surface area contributed by atoms with Gasteiger partial charge in [-0.3, -0.25) is 4.79 Å². The summed E-state index contributed by atoms with van der Waals surface area (Å²) in [7, 11) is 0. The van der Waals surface area contributed by atoms with Crippen molar-refractivity contribution in [3.8, 4) is 11.8 Å². The molecule has 0 aromatic heterocycles. The molecule has 0 spiro atoms. The number of amides is 1. The number of hydrogen-bond acceptors (Lipinski definition) is 2. The Labute approximate surface area is 119 Å². The average molecular weight is 302 g/mol. The predicted molar refractivity (Wildman–Crippen MR) is 70.4 cm³/mol. The second kappa shape index (κ2) is 7.09. The van der Waals surface area contributed by atoms with E-state index >= 15 is 0 Å². The maximum absolute atomic E-state index is 12.7. The SMILES string of the molecule is Cc1cc(C(=O)NCC(F)(F)C(F)F)ccc1C#CCN. The zero-order valence-electron chi connectivity index (χ0n) is 11.2. The molecule has 0 heterocycles. The lowest BCUT2D eigenvalue weighted by Gasteiger charge is -2.15. The van der Waals surface area contributed by atoms with Crippen LogP contribution in [0.25, 0.3) is 0 Å². The molecule has 3 nitrogen and oxygen atoms in total. The van der Waals surface area contributed by atoms with E-state index in [1.54, 1.807) is 12.2 Å². The van der Waals surface area contributed by atoms with Crippen LogP contribution in [0.1, 0.15) is 21.5 Å². The standard InChI is InChI=1S/C14H14F4N2O/c1-9-7-11(5-4-10(9)3-2-6-19)12(21)20-8-14(17,18)13(15)16/h4-5,7,13H,6,8,19H2,1H3,(H,20,21). The second-order valence-electron chi connectivity index (χ2n) is 4.28. The molecule has 7 heteroatoms. The fraction of sp³-hybridized carbons (Fsp3) is 0.357. The summed E-state index contributed by atoms with van der Waals surface area (Å²) >= 11 is 0. The molecule has 0 aliphatic rings. The van der Waals surface area contributed by atoms with Crippen molar-refractivity contribution in [1.82, 2.24) is 5.32 Å². The van der Waals surface area contributed by atoms with Gasteiger partial charge in [-0.1, -0.05) is 11.8 Å². The predicted octanol–water partition coefficient (Wildman–Crippen LogP) is 1.94. The Kier molecular flexibility index (Phi) is 5.73. The van der Waals surface area contributed by atoms with E-state index in [1.165, 1.54) is 18.2 Å². The molecule has 1 aromatic carbocycles. The Bertz CT molecular complexity index is 576. The Morgan fingerprint density at radius 2 is 2.10 bits per heavy atom. The van der Waals surface area contributed by atoms with E-state index in [1.807, 2.05) is 0 Å². The highest BCUT2D eigenvalue weighted by Gasteiger charge is 2.40. The summed E-state index contributed by atoms with van der Waals surface area (Å²) in [6, 6.07) is 4.36. The van der Waals surface area contributed by atoms with E-state index in [-0.39, 0.29) is 12.1 Å². The number of alkyl halides is 4. The number of hydrogen-bond donors (Lipinski definition) is 2. The normalized spacial score (nSPS) is 11.0. The number of carbonyl (C=O) groups excluding carboxylic acids is 1. The van der Waals surface area contributed by atoms with Crippen LogP contribution >= 0.6 is 0 Å². The number of rotatable bonds is 4. The highest BCUT2D eigenvalue weighted by molar-refractivity contribution is 5.94. The topological polar surface area (TPSA) is 55.1 Å². The fourth-order valence-corrected chi connectivity index (χ4v) is 1.47. The number of benzene rings is 1. The van der Waals surface area contributed by atoms with Gasteiger partial charge in [0.25, 0.3) is 5.91 Å². The van der Waals surface area contributed by atoms with Crippen LogP contribution in [0.2, 0.25) is 0 Å². The van der Waals surface area contributed by atoms with E-state index in [2.05, 4.69) is 11.8 Å². The molecule has 0 fully saturated rings. The van der Waals surface area contributed by atoms with E-state index in [4.69, 9.17) is 5.73 Å². The molecule has 0 unspecified atom stereocenters. The summed E-state index contributed by atoms with van der Waals surface area (Å²) in [4.78, 5) is 11.6. The van der Waals surface area contributed by atoms with Crippen molar-refractivity contribution in [3.63, 3.8) is 0 Å². The number of aryl methyl sites for hydroxylation is 1. The summed E-state index contributed by atoms with van der Waals surface area (Å²) in [5.41, 5.74) is 6.64. The Balaban J connectivity index is 2.78. The molecule has 0 aliphatic carbocycles. The summed E-state index contributed by atoms with van der Waals surface area (Å²) in [6.07, 6.45) is -3.83. The van der Waals surface area contributed by atoms with Crippen LogP contribution in [0, 0.1) is 18.8 Å². The Morgan fingerprint density at radius 1 is 1.43 bits per heavy atom. The van der Waals surface area contributed by atoms with Gasteiger partial charge in [-0.05, 0) is 30.7 Å². The molecular weight excluding hydrogens is 288 g/mol. The third-order valence-electron chi connectivity index (χ3n) is 2.62. The maximum atomic E-state index is 12.7.